The average molecular weight is 250 g/mol. The van der Waals surface area contributed by atoms with Crippen LogP contribution in [-0.4, -0.2) is 31.5 Å². The van der Waals surface area contributed by atoms with Crippen LogP contribution in [0.2, 0.25) is 0 Å². The molecule has 0 aliphatic carbocycles. The van der Waals surface area contributed by atoms with E-state index in [2.05, 4.69) is 0 Å². The number of rotatable bonds is 6. The molecule has 2 N–H and O–H groups in total. The minimum Gasteiger partial charge on any atom is -0.493 e. The molecule has 1 aromatic carbocycles. The summed E-state index contributed by atoms with van der Waals surface area (Å²) < 4.78 is 5.65. The first-order chi connectivity index (χ1) is 8.56. The first kappa shape index (κ1) is 14.5. The van der Waals surface area contributed by atoms with Crippen LogP contribution >= 0.6 is 0 Å². The predicted octanol–water partition coefficient (Wildman–Crippen LogP) is 1.95. The largest absolute Gasteiger partial charge is 0.493 e. The molecule has 0 aliphatic heterocycles. The molecule has 1 aromatic rings. The number of nitrogens with two attached hydrogens (primary N) is 1. The summed E-state index contributed by atoms with van der Waals surface area (Å²) in [7, 11) is 3.48. The summed E-state index contributed by atoms with van der Waals surface area (Å²) in [5, 5.41) is 0. The zero-order valence-electron chi connectivity index (χ0n) is 11.3. The summed E-state index contributed by atoms with van der Waals surface area (Å²) in [5.74, 6) is 0.839. The molecule has 0 fully saturated rings. The normalized spacial score (nSPS) is 12.0. The Morgan fingerprint density at radius 1 is 1.39 bits per heavy atom. The number of benzene rings is 1. The van der Waals surface area contributed by atoms with Crippen molar-refractivity contribution < 1.29 is 9.53 Å². The summed E-state index contributed by atoms with van der Waals surface area (Å²) in [5.41, 5.74) is 7.02. The number of carbonyl (C=O) groups excluding carboxylic acids is 1. The van der Waals surface area contributed by atoms with Crippen molar-refractivity contribution in [3.8, 4) is 5.75 Å². The first-order valence-corrected chi connectivity index (χ1v) is 6.23. The van der Waals surface area contributed by atoms with Gasteiger partial charge in [-0.05, 0) is 12.5 Å². The van der Waals surface area contributed by atoms with Crippen LogP contribution in [0.1, 0.15) is 31.4 Å². The highest BCUT2D eigenvalue weighted by Gasteiger charge is 2.10. The fraction of sp³-hybridized carbons (Fsp3) is 0.500. The fourth-order valence-electron chi connectivity index (χ4n) is 1.61. The summed E-state index contributed by atoms with van der Waals surface area (Å²) in [6.45, 7) is 2.42. The van der Waals surface area contributed by atoms with Gasteiger partial charge in [-0.1, -0.05) is 25.1 Å². The van der Waals surface area contributed by atoms with E-state index in [9.17, 15) is 4.79 Å². The standard InChI is InChI=1S/C14H22N2O2/c1-4-12(15)11-7-5-6-8-13(11)18-10-9-14(17)16(2)3/h5-8,12H,4,9-10,15H2,1-3H3/t12-/m1/s1. The van der Waals surface area contributed by atoms with Crippen LogP contribution in [0, 0.1) is 0 Å². The van der Waals surface area contributed by atoms with Gasteiger partial charge in [-0.15, -0.1) is 0 Å². The quantitative estimate of drug-likeness (QED) is 0.839. The molecule has 0 radical (unpaired) electrons. The molecule has 0 heterocycles. The summed E-state index contributed by atoms with van der Waals surface area (Å²) in [4.78, 5) is 13.0. The maximum Gasteiger partial charge on any atom is 0.225 e. The highest BCUT2D eigenvalue weighted by molar-refractivity contribution is 5.75. The average Bonchev–Trinajstić information content (AvgIpc) is 2.38. The van der Waals surface area contributed by atoms with Crippen LogP contribution in [0.4, 0.5) is 0 Å². The summed E-state index contributed by atoms with van der Waals surface area (Å²) in [6.07, 6.45) is 1.24. The summed E-state index contributed by atoms with van der Waals surface area (Å²) >= 11 is 0. The van der Waals surface area contributed by atoms with E-state index in [0.717, 1.165) is 17.7 Å². The number of nitrogens with zero attached hydrogens (tertiary/aromatic N) is 1. The SMILES string of the molecule is CC[C@@H](N)c1ccccc1OCCC(=O)N(C)C. The van der Waals surface area contributed by atoms with Crippen molar-refractivity contribution in [2.24, 2.45) is 5.73 Å². The van der Waals surface area contributed by atoms with E-state index < -0.39 is 0 Å². The predicted molar refractivity (Wildman–Crippen MR) is 72.5 cm³/mol. The molecular weight excluding hydrogens is 228 g/mol. The Hall–Kier alpha value is -1.55. The van der Waals surface area contributed by atoms with Crippen molar-refractivity contribution in [1.29, 1.82) is 0 Å². The molecule has 0 aliphatic rings. The highest BCUT2D eigenvalue weighted by atomic mass is 16.5. The lowest BCUT2D eigenvalue weighted by Gasteiger charge is -2.16. The maximum absolute atomic E-state index is 11.4. The highest BCUT2D eigenvalue weighted by Crippen LogP contribution is 2.25. The van der Waals surface area contributed by atoms with Gasteiger partial charge in [0.1, 0.15) is 5.75 Å². The van der Waals surface area contributed by atoms with Gasteiger partial charge in [0.25, 0.3) is 0 Å². The van der Waals surface area contributed by atoms with E-state index >= 15 is 0 Å². The number of amides is 1. The van der Waals surface area contributed by atoms with E-state index in [1.165, 1.54) is 0 Å². The van der Waals surface area contributed by atoms with Crippen LogP contribution < -0.4 is 10.5 Å². The van der Waals surface area contributed by atoms with Crippen molar-refractivity contribution in [2.45, 2.75) is 25.8 Å². The van der Waals surface area contributed by atoms with Gasteiger partial charge in [-0.25, -0.2) is 0 Å². The molecule has 0 saturated heterocycles. The molecule has 0 unspecified atom stereocenters. The lowest BCUT2D eigenvalue weighted by molar-refractivity contribution is -0.129. The van der Waals surface area contributed by atoms with Crippen molar-refractivity contribution in [3.05, 3.63) is 29.8 Å². The van der Waals surface area contributed by atoms with Crippen molar-refractivity contribution in [3.63, 3.8) is 0 Å². The van der Waals surface area contributed by atoms with Crippen LogP contribution in [0.3, 0.4) is 0 Å². The third-order valence-electron chi connectivity index (χ3n) is 2.83. The number of hydrogen-bond donors (Lipinski definition) is 1. The number of ether oxygens (including phenoxy) is 1. The van der Waals surface area contributed by atoms with E-state index in [0.29, 0.717) is 13.0 Å². The minimum absolute atomic E-state index is 0.0225. The Bertz CT molecular complexity index is 391. The van der Waals surface area contributed by atoms with Crippen molar-refractivity contribution in [2.75, 3.05) is 20.7 Å². The molecule has 4 nitrogen and oxygen atoms in total. The number of para-hydroxylation sites is 1. The zero-order chi connectivity index (χ0) is 13.5. The number of hydrogen-bond acceptors (Lipinski definition) is 3. The van der Waals surface area contributed by atoms with Gasteiger partial charge in [-0.3, -0.25) is 4.79 Å². The van der Waals surface area contributed by atoms with Crippen LogP contribution in [-0.2, 0) is 4.79 Å². The molecule has 0 spiro atoms. The lowest BCUT2D eigenvalue weighted by Crippen LogP contribution is -2.23. The molecular formula is C14H22N2O2. The molecule has 18 heavy (non-hydrogen) atoms. The third kappa shape index (κ3) is 4.04. The third-order valence-corrected chi connectivity index (χ3v) is 2.83. The monoisotopic (exact) mass is 250 g/mol. The Balaban J connectivity index is 2.59. The Morgan fingerprint density at radius 2 is 2.06 bits per heavy atom. The van der Waals surface area contributed by atoms with E-state index in [1.807, 2.05) is 31.2 Å². The molecule has 1 rings (SSSR count). The van der Waals surface area contributed by atoms with Gasteiger partial charge >= 0.3 is 0 Å². The van der Waals surface area contributed by atoms with E-state index in [1.54, 1.807) is 19.0 Å². The van der Waals surface area contributed by atoms with Crippen LogP contribution in [0.15, 0.2) is 24.3 Å². The molecule has 1 amide bonds. The van der Waals surface area contributed by atoms with Crippen molar-refractivity contribution in [1.82, 2.24) is 4.90 Å². The molecule has 4 heteroatoms. The van der Waals surface area contributed by atoms with Gasteiger partial charge < -0.3 is 15.4 Å². The summed E-state index contributed by atoms with van der Waals surface area (Å²) in [6, 6.07) is 7.70. The van der Waals surface area contributed by atoms with Crippen LogP contribution in [0.25, 0.3) is 0 Å². The molecule has 0 saturated carbocycles. The second kappa shape index (κ2) is 7.01. The smallest absolute Gasteiger partial charge is 0.225 e. The second-order valence-corrected chi connectivity index (χ2v) is 4.44. The second-order valence-electron chi connectivity index (χ2n) is 4.44. The van der Waals surface area contributed by atoms with Crippen molar-refractivity contribution >= 4 is 5.91 Å². The Morgan fingerprint density at radius 3 is 2.67 bits per heavy atom. The van der Waals surface area contributed by atoms with Gasteiger partial charge in [0.15, 0.2) is 0 Å². The zero-order valence-corrected chi connectivity index (χ0v) is 11.3. The molecule has 0 bridgehead atoms. The molecule has 0 aromatic heterocycles. The van der Waals surface area contributed by atoms with Gasteiger partial charge in [0.05, 0.1) is 13.0 Å². The Kier molecular flexibility index (Phi) is 5.65. The number of carbonyl (C=O) groups is 1. The van der Waals surface area contributed by atoms with Gasteiger partial charge in [-0.2, -0.15) is 0 Å². The Labute approximate surface area is 109 Å². The van der Waals surface area contributed by atoms with Crippen LogP contribution in [0.5, 0.6) is 5.75 Å². The van der Waals surface area contributed by atoms with E-state index in [-0.39, 0.29) is 11.9 Å². The lowest BCUT2D eigenvalue weighted by atomic mass is 10.0. The minimum atomic E-state index is -0.0225. The maximum atomic E-state index is 11.4. The molecule has 1 atom stereocenters. The van der Waals surface area contributed by atoms with E-state index in [4.69, 9.17) is 10.5 Å². The molecule has 100 valence electrons. The fourth-order valence-corrected chi connectivity index (χ4v) is 1.61. The first-order valence-electron chi connectivity index (χ1n) is 6.23. The van der Waals surface area contributed by atoms with Gasteiger partial charge in [0.2, 0.25) is 5.91 Å². The van der Waals surface area contributed by atoms with Gasteiger partial charge in [0, 0.05) is 25.7 Å². The topological polar surface area (TPSA) is 55.6 Å².